The van der Waals surface area contributed by atoms with Crippen molar-refractivity contribution >= 4 is 23.4 Å². The van der Waals surface area contributed by atoms with Crippen molar-refractivity contribution in [1.29, 1.82) is 0 Å². The largest absolute Gasteiger partial charge is 0.493 e. The minimum Gasteiger partial charge on any atom is -0.493 e. The minimum absolute atomic E-state index is 0.156. The molecule has 0 N–H and O–H groups in total. The van der Waals surface area contributed by atoms with E-state index in [1.807, 2.05) is 104 Å². The molecule has 2 heterocycles. The van der Waals surface area contributed by atoms with Crippen LogP contribution in [-0.4, -0.2) is 28.0 Å². The Bertz CT molecular complexity index is 1450. The lowest BCUT2D eigenvalue weighted by atomic mass is 10.0. The molecule has 1 aliphatic heterocycles. The summed E-state index contributed by atoms with van der Waals surface area (Å²) in [5.74, 6) is 0.715. The number of amides is 1. The van der Waals surface area contributed by atoms with Crippen molar-refractivity contribution in [3.63, 3.8) is 0 Å². The first-order valence-electron chi connectivity index (χ1n) is 12.1. The van der Waals surface area contributed by atoms with Crippen LogP contribution in [-0.2, 0) is 4.79 Å². The number of hydrazone groups is 1. The van der Waals surface area contributed by atoms with Crippen LogP contribution in [0, 0.1) is 6.92 Å². The van der Waals surface area contributed by atoms with Gasteiger partial charge in [-0.05, 0) is 74.4 Å². The molecule has 0 saturated heterocycles. The zero-order valence-electron chi connectivity index (χ0n) is 20.7. The molecule has 1 aliphatic rings. The van der Waals surface area contributed by atoms with Gasteiger partial charge >= 0.3 is 0 Å². The van der Waals surface area contributed by atoms with Crippen molar-refractivity contribution in [3.8, 4) is 22.7 Å². The van der Waals surface area contributed by atoms with E-state index >= 15 is 0 Å². The number of rotatable bonds is 7. The minimum atomic E-state index is -0.156. The molecule has 0 spiro atoms. The summed E-state index contributed by atoms with van der Waals surface area (Å²) in [6, 6.07) is 25.5. The molecule has 1 aromatic heterocycles. The number of para-hydroxylation sites is 2. The number of hydrogen-bond acceptors (Lipinski definition) is 4. The van der Waals surface area contributed by atoms with Crippen LogP contribution in [0.2, 0.25) is 0 Å². The second kappa shape index (κ2) is 10.0. The Morgan fingerprint density at radius 3 is 2.28 bits per heavy atom. The van der Waals surface area contributed by atoms with E-state index in [0.29, 0.717) is 17.9 Å². The number of ether oxygens (including phenoxy) is 1. The first kappa shape index (κ1) is 23.3. The van der Waals surface area contributed by atoms with Crippen LogP contribution < -0.4 is 9.75 Å². The van der Waals surface area contributed by atoms with Gasteiger partial charge in [0.2, 0.25) is 0 Å². The van der Waals surface area contributed by atoms with Crippen LogP contribution in [0.4, 0.5) is 5.69 Å². The predicted octanol–water partition coefficient (Wildman–Crippen LogP) is 6.44. The summed E-state index contributed by atoms with van der Waals surface area (Å²) in [6.45, 7) is 6.67. The van der Waals surface area contributed by atoms with Gasteiger partial charge in [0.1, 0.15) is 5.75 Å². The average Bonchev–Trinajstić information content (AvgIpc) is 3.46. The molecule has 3 aromatic carbocycles. The standard InChI is InChI=1S/C30H28N4O2/c1-4-17-36-28-16-15-23(18-21(28)2)29-24(20-33(32-29)25-11-7-5-8-12-25)19-27-22(3)31-34(30(27)35)26-13-9-6-10-14-26/h5-16,18-20H,4,17H2,1-3H3/b27-19-. The van der Waals surface area contributed by atoms with E-state index in [0.717, 1.165) is 45.9 Å². The lowest BCUT2D eigenvalue weighted by Gasteiger charge is -2.11. The van der Waals surface area contributed by atoms with Gasteiger partial charge in [0.15, 0.2) is 0 Å². The van der Waals surface area contributed by atoms with Crippen LogP contribution in [0.15, 0.2) is 95.7 Å². The summed E-state index contributed by atoms with van der Waals surface area (Å²) >= 11 is 0. The highest BCUT2D eigenvalue weighted by Gasteiger charge is 2.29. The molecule has 36 heavy (non-hydrogen) atoms. The number of anilines is 1. The van der Waals surface area contributed by atoms with Crippen molar-refractivity contribution < 1.29 is 9.53 Å². The molecule has 0 radical (unpaired) electrons. The van der Waals surface area contributed by atoms with Gasteiger partial charge < -0.3 is 4.74 Å². The molecule has 1 amide bonds. The van der Waals surface area contributed by atoms with Gasteiger partial charge in [0.25, 0.3) is 5.91 Å². The molecule has 0 fully saturated rings. The lowest BCUT2D eigenvalue weighted by molar-refractivity contribution is -0.114. The first-order chi connectivity index (χ1) is 17.5. The Balaban J connectivity index is 1.58. The summed E-state index contributed by atoms with van der Waals surface area (Å²) in [5, 5.41) is 10.9. The predicted molar refractivity (Wildman–Crippen MR) is 145 cm³/mol. The number of nitrogens with zero attached hydrogens (tertiary/aromatic N) is 4. The third-order valence-corrected chi connectivity index (χ3v) is 6.04. The van der Waals surface area contributed by atoms with Gasteiger partial charge in [0.05, 0.1) is 35.0 Å². The van der Waals surface area contributed by atoms with E-state index in [2.05, 4.69) is 18.1 Å². The van der Waals surface area contributed by atoms with Crippen LogP contribution in [0.3, 0.4) is 0 Å². The summed E-state index contributed by atoms with van der Waals surface area (Å²) in [7, 11) is 0. The quantitative estimate of drug-likeness (QED) is 0.288. The number of aryl methyl sites for hydroxylation is 1. The molecule has 0 bridgehead atoms. The molecular formula is C30H28N4O2. The Labute approximate surface area is 211 Å². The van der Waals surface area contributed by atoms with Crippen molar-refractivity contribution in [3.05, 3.63) is 102 Å². The zero-order valence-corrected chi connectivity index (χ0v) is 20.7. The van der Waals surface area contributed by atoms with Crippen LogP contribution >= 0.6 is 0 Å². The van der Waals surface area contributed by atoms with Gasteiger partial charge in [-0.15, -0.1) is 0 Å². The van der Waals surface area contributed by atoms with Crippen molar-refractivity contribution in [2.24, 2.45) is 5.10 Å². The highest BCUT2D eigenvalue weighted by Crippen LogP contribution is 2.31. The van der Waals surface area contributed by atoms with Crippen LogP contribution in [0.1, 0.15) is 31.4 Å². The molecule has 0 saturated carbocycles. The maximum Gasteiger partial charge on any atom is 0.280 e. The Kier molecular flexibility index (Phi) is 6.50. The molecule has 0 atom stereocenters. The van der Waals surface area contributed by atoms with E-state index < -0.39 is 0 Å². The smallest absolute Gasteiger partial charge is 0.280 e. The van der Waals surface area contributed by atoms with Crippen LogP contribution in [0.5, 0.6) is 5.75 Å². The van der Waals surface area contributed by atoms with Crippen molar-refractivity contribution in [1.82, 2.24) is 9.78 Å². The number of hydrogen-bond donors (Lipinski definition) is 0. The number of aromatic nitrogens is 2. The molecule has 5 rings (SSSR count). The fourth-order valence-corrected chi connectivity index (χ4v) is 4.18. The van der Waals surface area contributed by atoms with E-state index in [1.165, 1.54) is 5.01 Å². The third-order valence-electron chi connectivity index (χ3n) is 6.04. The van der Waals surface area contributed by atoms with Gasteiger partial charge in [-0.3, -0.25) is 4.79 Å². The maximum atomic E-state index is 13.3. The second-order valence-corrected chi connectivity index (χ2v) is 8.74. The molecule has 180 valence electrons. The molecule has 0 aliphatic carbocycles. The van der Waals surface area contributed by atoms with E-state index in [-0.39, 0.29) is 5.91 Å². The first-order valence-corrected chi connectivity index (χ1v) is 12.1. The Morgan fingerprint density at radius 2 is 1.61 bits per heavy atom. The molecular weight excluding hydrogens is 448 g/mol. The topological polar surface area (TPSA) is 59.7 Å². The van der Waals surface area contributed by atoms with Crippen molar-refractivity contribution in [2.75, 3.05) is 11.6 Å². The number of benzene rings is 3. The Morgan fingerprint density at radius 1 is 0.917 bits per heavy atom. The molecule has 4 aromatic rings. The fourth-order valence-electron chi connectivity index (χ4n) is 4.18. The van der Waals surface area contributed by atoms with E-state index in [4.69, 9.17) is 9.84 Å². The monoisotopic (exact) mass is 476 g/mol. The van der Waals surface area contributed by atoms with Gasteiger partial charge in [0, 0.05) is 17.3 Å². The molecule has 0 unspecified atom stereocenters. The number of carbonyl (C=O) groups excluding carboxylic acids is 1. The SMILES string of the molecule is CCCOc1ccc(-c2nn(-c3ccccc3)cc2/C=C2\C(=O)N(c3ccccc3)N=C2C)cc1C. The van der Waals surface area contributed by atoms with E-state index in [1.54, 1.807) is 0 Å². The zero-order chi connectivity index (χ0) is 25.1. The number of carbonyl (C=O) groups is 1. The summed E-state index contributed by atoms with van der Waals surface area (Å²) in [4.78, 5) is 13.3. The third kappa shape index (κ3) is 4.58. The summed E-state index contributed by atoms with van der Waals surface area (Å²) < 4.78 is 7.71. The van der Waals surface area contributed by atoms with Crippen LogP contribution in [0.25, 0.3) is 23.0 Å². The van der Waals surface area contributed by atoms with Gasteiger partial charge in [-0.25, -0.2) is 4.68 Å². The normalized spacial score (nSPS) is 14.4. The maximum absolute atomic E-state index is 13.3. The highest BCUT2D eigenvalue weighted by molar-refractivity contribution is 6.32. The fraction of sp³-hybridized carbons (Fsp3) is 0.167. The molecule has 6 nitrogen and oxygen atoms in total. The summed E-state index contributed by atoms with van der Waals surface area (Å²) in [5.41, 5.74) is 6.52. The van der Waals surface area contributed by atoms with Gasteiger partial charge in [-0.1, -0.05) is 43.3 Å². The lowest BCUT2D eigenvalue weighted by Crippen LogP contribution is -2.21. The Hall–Kier alpha value is -4.45. The highest BCUT2D eigenvalue weighted by atomic mass is 16.5. The average molecular weight is 477 g/mol. The van der Waals surface area contributed by atoms with E-state index in [9.17, 15) is 4.79 Å². The summed E-state index contributed by atoms with van der Waals surface area (Å²) in [6.07, 6.45) is 4.80. The molecule has 6 heteroatoms. The van der Waals surface area contributed by atoms with Gasteiger partial charge in [-0.2, -0.15) is 15.2 Å². The van der Waals surface area contributed by atoms with Crippen molar-refractivity contribution in [2.45, 2.75) is 27.2 Å². The second-order valence-electron chi connectivity index (χ2n) is 8.74.